The molecule has 33 heavy (non-hydrogen) atoms. The van der Waals surface area contributed by atoms with E-state index in [2.05, 4.69) is 10.3 Å². The summed E-state index contributed by atoms with van der Waals surface area (Å²) < 4.78 is 37.7. The lowest BCUT2D eigenvalue weighted by Crippen LogP contribution is -2.33. The van der Waals surface area contributed by atoms with Crippen molar-refractivity contribution in [2.24, 2.45) is 0 Å². The molecule has 0 atom stereocenters. The van der Waals surface area contributed by atoms with E-state index in [1.54, 1.807) is 44.4 Å². The van der Waals surface area contributed by atoms with Crippen molar-refractivity contribution >= 4 is 21.6 Å². The van der Waals surface area contributed by atoms with Gasteiger partial charge in [0.15, 0.2) is 11.5 Å². The average molecular weight is 470 g/mol. The van der Waals surface area contributed by atoms with Crippen molar-refractivity contribution in [1.82, 2.24) is 9.29 Å². The van der Waals surface area contributed by atoms with E-state index in [4.69, 9.17) is 9.47 Å². The van der Waals surface area contributed by atoms with E-state index in [1.165, 1.54) is 42.7 Å². The summed E-state index contributed by atoms with van der Waals surface area (Å²) in [6, 6.07) is 14.4. The van der Waals surface area contributed by atoms with Crippen molar-refractivity contribution in [1.29, 1.82) is 0 Å². The lowest BCUT2D eigenvalue weighted by Gasteiger charge is -2.21. The fourth-order valence-corrected chi connectivity index (χ4v) is 4.30. The van der Waals surface area contributed by atoms with Crippen molar-refractivity contribution in [3.63, 3.8) is 0 Å². The van der Waals surface area contributed by atoms with E-state index in [9.17, 15) is 13.2 Å². The summed E-state index contributed by atoms with van der Waals surface area (Å²) in [5, 5.41) is 2.80. The molecule has 0 bridgehead atoms. The molecular formula is C24H27N3O5S. The Hall–Kier alpha value is -3.43. The number of amides is 1. The highest BCUT2D eigenvalue weighted by atomic mass is 32.2. The van der Waals surface area contributed by atoms with E-state index >= 15 is 0 Å². The minimum Gasteiger partial charge on any atom is -0.493 e. The van der Waals surface area contributed by atoms with Gasteiger partial charge in [0.05, 0.1) is 12.0 Å². The van der Waals surface area contributed by atoms with E-state index in [-0.39, 0.29) is 16.8 Å². The molecule has 0 aliphatic carbocycles. The number of aromatic nitrogens is 1. The van der Waals surface area contributed by atoms with Gasteiger partial charge < -0.3 is 14.8 Å². The molecular weight excluding hydrogens is 442 g/mol. The molecule has 3 rings (SSSR count). The number of rotatable bonds is 9. The third-order valence-electron chi connectivity index (χ3n) is 5.06. The molecule has 0 spiro atoms. The molecule has 1 aromatic heterocycles. The van der Waals surface area contributed by atoms with Crippen molar-refractivity contribution in [2.45, 2.75) is 31.4 Å². The van der Waals surface area contributed by atoms with E-state index in [0.29, 0.717) is 29.4 Å². The molecule has 0 aliphatic rings. The maximum Gasteiger partial charge on any atom is 0.255 e. The molecule has 2 aromatic carbocycles. The normalized spacial score (nSPS) is 11.5. The summed E-state index contributed by atoms with van der Waals surface area (Å²) in [6.45, 7) is 3.88. The van der Waals surface area contributed by atoms with Crippen LogP contribution in [0.5, 0.6) is 11.5 Å². The second-order valence-corrected chi connectivity index (χ2v) is 9.61. The van der Waals surface area contributed by atoms with Gasteiger partial charge in [-0.25, -0.2) is 8.42 Å². The zero-order chi connectivity index (χ0) is 24.0. The Labute approximate surface area is 194 Å². The Morgan fingerprint density at radius 1 is 1.09 bits per heavy atom. The summed E-state index contributed by atoms with van der Waals surface area (Å²) in [5.74, 6) is 0.623. The van der Waals surface area contributed by atoms with Crippen molar-refractivity contribution < 1.29 is 22.7 Å². The van der Waals surface area contributed by atoms with Crippen LogP contribution in [0.1, 0.15) is 29.8 Å². The Balaban J connectivity index is 1.73. The van der Waals surface area contributed by atoms with Gasteiger partial charge in [0, 0.05) is 48.4 Å². The van der Waals surface area contributed by atoms with Crippen LogP contribution >= 0.6 is 0 Å². The van der Waals surface area contributed by atoms with Crippen LogP contribution in [0.2, 0.25) is 0 Å². The maximum absolute atomic E-state index is 12.7. The van der Waals surface area contributed by atoms with Crippen LogP contribution in [-0.4, -0.2) is 43.8 Å². The zero-order valence-electron chi connectivity index (χ0n) is 19.0. The third kappa shape index (κ3) is 5.88. The number of sulfonamides is 1. The van der Waals surface area contributed by atoms with Crippen LogP contribution in [-0.2, 0) is 16.6 Å². The van der Waals surface area contributed by atoms with Gasteiger partial charge in [-0.2, -0.15) is 4.31 Å². The number of hydrogen-bond acceptors (Lipinski definition) is 6. The molecule has 0 saturated heterocycles. The molecule has 1 heterocycles. The monoisotopic (exact) mass is 469 g/mol. The standard InChI is InChI=1S/C24H27N3O5S/c1-17(2)27(3)33(29,30)21-10-7-19(8-11-21)24(28)26-20-9-12-22(31-4)23(14-20)32-16-18-6-5-13-25-15-18/h5-15,17H,16H2,1-4H3,(H,26,28). The summed E-state index contributed by atoms with van der Waals surface area (Å²) in [6.07, 6.45) is 3.39. The van der Waals surface area contributed by atoms with E-state index in [0.717, 1.165) is 5.56 Å². The highest BCUT2D eigenvalue weighted by molar-refractivity contribution is 7.89. The van der Waals surface area contributed by atoms with Crippen molar-refractivity contribution in [3.8, 4) is 11.5 Å². The van der Waals surface area contributed by atoms with E-state index in [1.807, 2.05) is 12.1 Å². The molecule has 1 amide bonds. The highest BCUT2D eigenvalue weighted by Gasteiger charge is 2.23. The van der Waals surface area contributed by atoms with Gasteiger partial charge in [-0.3, -0.25) is 9.78 Å². The predicted octanol–water partition coefficient (Wildman–Crippen LogP) is 3.95. The average Bonchev–Trinajstić information content (AvgIpc) is 2.83. The van der Waals surface area contributed by atoms with Crippen molar-refractivity contribution in [3.05, 3.63) is 78.1 Å². The molecule has 9 heteroatoms. The second-order valence-electron chi connectivity index (χ2n) is 7.61. The third-order valence-corrected chi connectivity index (χ3v) is 7.11. The van der Waals surface area contributed by atoms with Gasteiger partial charge in [0.1, 0.15) is 6.61 Å². The van der Waals surface area contributed by atoms with Gasteiger partial charge in [0.25, 0.3) is 5.91 Å². The Morgan fingerprint density at radius 3 is 2.42 bits per heavy atom. The van der Waals surface area contributed by atoms with Crippen LogP contribution in [0.25, 0.3) is 0 Å². The van der Waals surface area contributed by atoms with Crippen LogP contribution in [0.15, 0.2) is 71.9 Å². The lowest BCUT2D eigenvalue weighted by molar-refractivity contribution is 0.102. The quantitative estimate of drug-likeness (QED) is 0.510. The Bertz CT molecular complexity index is 1200. The maximum atomic E-state index is 12.7. The summed E-state index contributed by atoms with van der Waals surface area (Å²) in [7, 11) is -0.551. The van der Waals surface area contributed by atoms with Gasteiger partial charge >= 0.3 is 0 Å². The minimum absolute atomic E-state index is 0.130. The predicted molar refractivity (Wildman–Crippen MR) is 126 cm³/mol. The molecule has 8 nitrogen and oxygen atoms in total. The summed E-state index contributed by atoms with van der Waals surface area (Å²) in [4.78, 5) is 16.9. The first-order chi connectivity index (χ1) is 15.7. The summed E-state index contributed by atoms with van der Waals surface area (Å²) >= 11 is 0. The fraction of sp³-hybridized carbons (Fsp3) is 0.250. The number of benzene rings is 2. The Kier molecular flexibility index (Phi) is 7.67. The number of carbonyl (C=O) groups is 1. The highest BCUT2D eigenvalue weighted by Crippen LogP contribution is 2.31. The molecule has 0 fully saturated rings. The molecule has 0 aliphatic heterocycles. The molecule has 0 radical (unpaired) electrons. The Morgan fingerprint density at radius 2 is 1.82 bits per heavy atom. The molecule has 0 saturated carbocycles. The smallest absolute Gasteiger partial charge is 0.255 e. The lowest BCUT2D eigenvalue weighted by atomic mass is 10.2. The number of carbonyl (C=O) groups excluding carboxylic acids is 1. The fourth-order valence-electron chi connectivity index (χ4n) is 2.94. The first kappa shape index (κ1) is 24.2. The molecule has 174 valence electrons. The molecule has 0 unspecified atom stereocenters. The topological polar surface area (TPSA) is 97.8 Å². The number of pyridine rings is 1. The number of hydrogen-bond donors (Lipinski definition) is 1. The van der Waals surface area contributed by atoms with Crippen LogP contribution < -0.4 is 14.8 Å². The van der Waals surface area contributed by atoms with Gasteiger partial charge in [-0.15, -0.1) is 0 Å². The number of methoxy groups -OCH3 is 1. The number of nitrogens with one attached hydrogen (secondary N) is 1. The first-order valence-electron chi connectivity index (χ1n) is 10.3. The van der Waals surface area contributed by atoms with E-state index < -0.39 is 10.0 Å². The molecule has 3 aromatic rings. The van der Waals surface area contributed by atoms with Crippen molar-refractivity contribution in [2.75, 3.05) is 19.5 Å². The number of anilines is 1. The summed E-state index contributed by atoms with van der Waals surface area (Å²) in [5.41, 5.74) is 1.74. The van der Waals surface area contributed by atoms with Gasteiger partial charge in [0.2, 0.25) is 10.0 Å². The van der Waals surface area contributed by atoms with Gasteiger partial charge in [-0.1, -0.05) is 6.07 Å². The largest absolute Gasteiger partial charge is 0.493 e. The number of ether oxygens (including phenoxy) is 2. The second kappa shape index (κ2) is 10.5. The first-order valence-corrected chi connectivity index (χ1v) is 11.8. The van der Waals surface area contributed by atoms with Gasteiger partial charge in [-0.05, 0) is 56.3 Å². The molecule has 1 N–H and O–H groups in total. The number of nitrogens with zero attached hydrogens (tertiary/aromatic N) is 2. The van der Waals surface area contributed by atoms with Crippen LogP contribution in [0, 0.1) is 0 Å². The minimum atomic E-state index is -3.62. The SMILES string of the molecule is COc1ccc(NC(=O)c2ccc(S(=O)(=O)N(C)C(C)C)cc2)cc1OCc1cccnc1. The van der Waals surface area contributed by atoms with Crippen LogP contribution in [0.3, 0.4) is 0 Å². The van der Waals surface area contributed by atoms with Crippen LogP contribution in [0.4, 0.5) is 5.69 Å². The zero-order valence-corrected chi connectivity index (χ0v) is 19.8.